The number of rotatable bonds is 1. The van der Waals surface area contributed by atoms with Crippen LogP contribution in [-0.4, -0.2) is 6.26 Å². The standard InChI is InChI=1S/C7H12S/c1-8-7-5-3-2-4-6-7/h2H,3-6H2,1H3. The van der Waals surface area contributed by atoms with Crippen LogP contribution in [0.25, 0.3) is 0 Å². The average Bonchev–Trinajstić information content (AvgIpc) is 1.90. The maximum atomic E-state index is 2.39. The van der Waals surface area contributed by atoms with Gasteiger partial charge in [0.05, 0.1) is 0 Å². The Hall–Kier alpha value is 0.350. The summed E-state index contributed by atoms with van der Waals surface area (Å²) in [6, 6.07) is 0. The van der Waals surface area contributed by atoms with Crippen molar-refractivity contribution >= 4 is 11.8 Å². The summed E-state index contributed by atoms with van der Waals surface area (Å²) in [6.07, 6.45) is 9.87. The molecule has 0 heterocycles. The molecule has 0 nitrogen and oxygen atoms in total. The lowest BCUT2D eigenvalue weighted by atomic mass is 10.0. The van der Waals surface area contributed by atoms with Crippen LogP contribution in [0, 0.1) is 11.7 Å². The Morgan fingerprint density at radius 2 is 2.00 bits per heavy atom. The molecule has 1 saturated carbocycles. The van der Waals surface area contributed by atoms with Gasteiger partial charge in [0.1, 0.15) is 0 Å². The van der Waals surface area contributed by atoms with E-state index in [-0.39, 0.29) is 0 Å². The lowest BCUT2D eigenvalue weighted by molar-refractivity contribution is 0.694. The van der Waals surface area contributed by atoms with Gasteiger partial charge in [-0.25, -0.2) is 0 Å². The molecule has 0 saturated heterocycles. The maximum Gasteiger partial charge on any atom is 0.0304 e. The van der Waals surface area contributed by atoms with Crippen LogP contribution in [-0.2, 0) is 0 Å². The van der Waals surface area contributed by atoms with E-state index in [2.05, 4.69) is 12.7 Å². The van der Waals surface area contributed by atoms with Crippen LogP contribution in [0.4, 0.5) is 0 Å². The predicted molar refractivity (Wildman–Crippen MR) is 39.5 cm³/mol. The van der Waals surface area contributed by atoms with E-state index in [1.54, 1.807) is 5.25 Å². The lowest BCUT2D eigenvalue weighted by Crippen LogP contribution is -1.98. The van der Waals surface area contributed by atoms with Crippen molar-refractivity contribution in [2.45, 2.75) is 25.7 Å². The van der Waals surface area contributed by atoms with Crippen molar-refractivity contribution in [3.63, 3.8) is 0 Å². The quantitative estimate of drug-likeness (QED) is 0.523. The van der Waals surface area contributed by atoms with Gasteiger partial charge in [-0.15, -0.1) is 0 Å². The van der Waals surface area contributed by atoms with Gasteiger partial charge in [-0.3, -0.25) is 0 Å². The highest BCUT2D eigenvalue weighted by Gasteiger charge is 2.11. The monoisotopic (exact) mass is 128 g/mol. The molecular formula is C7H12S. The fourth-order valence-corrected chi connectivity index (χ4v) is 1.64. The van der Waals surface area contributed by atoms with E-state index in [9.17, 15) is 0 Å². The third-order valence-corrected chi connectivity index (χ3v) is 2.53. The molecule has 0 aromatic rings. The molecule has 1 fully saturated rings. The fourth-order valence-electron chi connectivity index (χ4n) is 1.000. The Kier molecular flexibility index (Phi) is 2.74. The number of hydrogen-bond acceptors (Lipinski definition) is 1. The highest BCUT2D eigenvalue weighted by Crippen LogP contribution is 2.32. The molecule has 0 amide bonds. The van der Waals surface area contributed by atoms with Gasteiger partial charge in [0.15, 0.2) is 0 Å². The van der Waals surface area contributed by atoms with E-state index < -0.39 is 0 Å². The first-order chi connectivity index (χ1) is 3.93. The van der Waals surface area contributed by atoms with E-state index in [1.807, 2.05) is 11.8 Å². The summed E-state index contributed by atoms with van der Waals surface area (Å²) in [5, 5.41) is 1.69. The zero-order valence-corrected chi connectivity index (χ0v) is 6.13. The Morgan fingerprint density at radius 3 is 2.38 bits per heavy atom. The fraction of sp³-hybridized carbons (Fsp3) is 0.714. The van der Waals surface area contributed by atoms with Crippen LogP contribution in [0.3, 0.4) is 0 Å². The SMILES string of the molecule is CS[C]1CC[CH]CC1. The third kappa shape index (κ3) is 1.70. The van der Waals surface area contributed by atoms with Crippen molar-refractivity contribution in [3.8, 4) is 0 Å². The highest BCUT2D eigenvalue weighted by atomic mass is 32.2. The summed E-state index contributed by atoms with van der Waals surface area (Å²) in [7, 11) is 0. The first-order valence-electron chi connectivity index (χ1n) is 3.14. The second-order valence-electron chi connectivity index (χ2n) is 2.11. The first-order valence-corrected chi connectivity index (χ1v) is 4.36. The third-order valence-electron chi connectivity index (χ3n) is 1.54. The van der Waals surface area contributed by atoms with Gasteiger partial charge >= 0.3 is 0 Å². The normalized spacial score (nSPS) is 23.6. The molecule has 1 heteroatoms. The minimum atomic E-state index is 1.32. The zero-order valence-electron chi connectivity index (χ0n) is 5.31. The molecule has 0 aromatic carbocycles. The predicted octanol–water partition coefficient (Wildman–Crippen LogP) is 2.66. The van der Waals surface area contributed by atoms with Crippen LogP contribution >= 0.6 is 11.8 Å². The second kappa shape index (κ2) is 3.39. The Labute approximate surface area is 56.0 Å². The van der Waals surface area contributed by atoms with Gasteiger partial charge < -0.3 is 0 Å². The van der Waals surface area contributed by atoms with E-state index in [4.69, 9.17) is 0 Å². The van der Waals surface area contributed by atoms with E-state index in [1.165, 1.54) is 25.7 Å². The molecule has 1 aliphatic rings. The van der Waals surface area contributed by atoms with Gasteiger partial charge in [-0.2, -0.15) is 11.8 Å². The van der Waals surface area contributed by atoms with E-state index in [0.29, 0.717) is 0 Å². The molecule has 1 aliphatic carbocycles. The van der Waals surface area contributed by atoms with Crippen LogP contribution in [0.5, 0.6) is 0 Å². The lowest BCUT2D eigenvalue weighted by Gasteiger charge is -2.17. The Morgan fingerprint density at radius 1 is 1.38 bits per heavy atom. The summed E-state index contributed by atoms with van der Waals surface area (Å²) in [4.78, 5) is 0. The number of thioether (sulfide) groups is 1. The molecule has 0 unspecified atom stereocenters. The van der Waals surface area contributed by atoms with Crippen LogP contribution in [0.1, 0.15) is 25.7 Å². The minimum Gasteiger partial charge on any atom is -0.157 e. The summed E-state index contributed by atoms with van der Waals surface area (Å²) >= 11 is 1.94. The van der Waals surface area contributed by atoms with Gasteiger partial charge in [0.2, 0.25) is 0 Å². The van der Waals surface area contributed by atoms with E-state index >= 15 is 0 Å². The average molecular weight is 128 g/mol. The Bertz CT molecular complexity index is 55.4. The topological polar surface area (TPSA) is 0 Å². The van der Waals surface area contributed by atoms with Gasteiger partial charge in [0.25, 0.3) is 0 Å². The highest BCUT2D eigenvalue weighted by molar-refractivity contribution is 8.01. The van der Waals surface area contributed by atoms with Crippen molar-refractivity contribution < 1.29 is 0 Å². The molecule has 46 valence electrons. The largest absolute Gasteiger partial charge is 0.157 e. The molecule has 2 radical (unpaired) electrons. The molecule has 1 rings (SSSR count). The first kappa shape index (κ1) is 6.47. The van der Waals surface area contributed by atoms with Gasteiger partial charge in [-0.1, -0.05) is 0 Å². The van der Waals surface area contributed by atoms with Crippen molar-refractivity contribution in [2.75, 3.05) is 6.26 Å². The Balaban J connectivity index is 2.13. The van der Waals surface area contributed by atoms with Crippen molar-refractivity contribution in [1.82, 2.24) is 0 Å². The molecule has 0 aromatic heterocycles. The van der Waals surface area contributed by atoms with Crippen molar-refractivity contribution in [1.29, 1.82) is 0 Å². The van der Waals surface area contributed by atoms with Gasteiger partial charge in [-0.05, 0) is 38.4 Å². The zero-order chi connectivity index (χ0) is 5.82. The summed E-state index contributed by atoms with van der Waals surface area (Å²) in [6.45, 7) is 0. The van der Waals surface area contributed by atoms with Crippen LogP contribution in [0.15, 0.2) is 0 Å². The summed E-state index contributed by atoms with van der Waals surface area (Å²) in [5.74, 6) is 0. The van der Waals surface area contributed by atoms with E-state index in [0.717, 1.165) is 0 Å². The molecule has 0 bridgehead atoms. The second-order valence-corrected chi connectivity index (χ2v) is 3.09. The maximum absolute atomic E-state index is 2.39. The molecule has 0 atom stereocenters. The van der Waals surface area contributed by atoms with Crippen LogP contribution < -0.4 is 0 Å². The summed E-state index contributed by atoms with van der Waals surface area (Å²) in [5.41, 5.74) is 0. The van der Waals surface area contributed by atoms with Crippen molar-refractivity contribution in [2.24, 2.45) is 0 Å². The molecule has 8 heavy (non-hydrogen) atoms. The van der Waals surface area contributed by atoms with Crippen LogP contribution in [0.2, 0.25) is 0 Å². The van der Waals surface area contributed by atoms with Crippen molar-refractivity contribution in [3.05, 3.63) is 11.7 Å². The number of hydrogen-bond donors (Lipinski definition) is 0. The molecular weight excluding hydrogens is 116 g/mol. The minimum absolute atomic E-state index is 1.32. The van der Waals surface area contributed by atoms with Gasteiger partial charge in [0, 0.05) is 5.25 Å². The molecule has 0 aliphatic heterocycles. The summed E-state index contributed by atoms with van der Waals surface area (Å²) < 4.78 is 0. The molecule has 0 spiro atoms. The smallest absolute Gasteiger partial charge is 0.0304 e. The molecule has 0 N–H and O–H groups in total.